The summed E-state index contributed by atoms with van der Waals surface area (Å²) >= 11 is 2.80. The molecule has 1 aliphatic rings. The van der Waals surface area contributed by atoms with Crippen LogP contribution < -0.4 is 15.0 Å². The topological polar surface area (TPSA) is 108 Å². The Bertz CT molecular complexity index is 1220. The summed E-state index contributed by atoms with van der Waals surface area (Å²) in [7, 11) is 1.56. The first-order chi connectivity index (χ1) is 16.0. The normalized spacial score (nSPS) is 15.4. The van der Waals surface area contributed by atoms with Gasteiger partial charge in [-0.25, -0.2) is 0 Å². The van der Waals surface area contributed by atoms with E-state index in [2.05, 4.69) is 21.6 Å². The predicted molar refractivity (Wildman–Crippen MR) is 127 cm³/mol. The highest BCUT2D eigenvalue weighted by atomic mass is 32.2. The van der Waals surface area contributed by atoms with Crippen LogP contribution in [0.4, 0.5) is 10.8 Å². The lowest BCUT2D eigenvalue weighted by Gasteiger charge is -2.20. The minimum Gasteiger partial charge on any atom is -0.495 e. The van der Waals surface area contributed by atoms with Gasteiger partial charge in [0.15, 0.2) is 4.34 Å². The molecule has 1 aromatic heterocycles. The van der Waals surface area contributed by atoms with Crippen molar-refractivity contribution in [3.8, 4) is 11.8 Å². The van der Waals surface area contributed by atoms with Crippen LogP contribution in [0.15, 0.2) is 46.8 Å². The zero-order valence-corrected chi connectivity index (χ0v) is 19.7. The predicted octanol–water partition coefficient (Wildman–Crippen LogP) is 4.01. The molecule has 2 heterocycles. The monoisotopic (exact) mass is 479 g/mol. The summed E-state index contributed by atoms with van der Waals surface area (Å²) in [6.07, 6.45) is 0.127. The second kappa shape index (κ2) is 10.0. The summed E-state index contributed by atoms with van der Waals surface area (Å²) in [4.78, 5) is 27.0. The maximum absolute atomic E-state index is 12.8. The van der Waals surface area contributed by atoms with Crippen LogP contribution in [0.5, 0.6) is 5.75 Å². The molecule has 0 aliphatic carbocycles. The van der Waals surface area contributed by atoms with Gasteiger partial charge in [-0.1, -0.05) is 41.3 Å². The quantitative estimate of drug-likeness (QED) is 0.403. The number of nitriles is 1. The Morgan fingerprint density at radius 2 is 2.09 bits per heavy atom. The van der Waals surface area contributed by atoms with Crippen LogP contribution in [0.3, 0.4) is 0 Å². The molecule has 2 amide bonds. The van der Waals surface area contributed by atoms with E-state index in [-0.39, 0.29) is 24.8 Å². The number of hydrogen-bond donors (Lipinski definition) is 1. The fourth-order valence-corrected chi connectivity index (χ4v) is 5.18. The average Bonchev–Trinajstić information content (AvgIpc) is 3.44. The molecule has 168 valence electrons. The first-order valence-corrected chi connectivity index (χ1v) is 12.0. The second-order valence-electron chi connectivity index (χ2n) is 7.54. The van der Waals surface area contributed by atoms with Gasteiger partial charge in [-0.2, -0.15) is 5.26 Å². The van der Waals surface area contributed by atoms with E-state index in [4.69, 9.17) is 10.00 Å². The van der Waals surface area contributed by atoms with Gasteiger partial charge in [-0.05, 0) is 42.3 Å². The Morgan fingerprint density at radius 1 is 1.30 bits per heavy atom. The Labute approximate surface area is 199 Å². The van der Waals surface area contributed by atoms with Crippen molar-refractivity contribution in [1.82, 2.24) is 10.2 Å². The maximum atomic E-state index is 12.8. The molecule has 4 rings (SSSR count). The van der Waals surface area contributed by atoms with Crippen LogP contribution in [-0.4, -0.2) is 35.7 Å². The number of methoxy groups -OCH3 is 1. The molecule has 1 aliphatic heterocycles. The number of ether oxygens (including phenoxy) is 1. The van der Waals surface area contributed by atoms with Crippen LogP contribution in [0.1, 0.15) is 23.1 Å². The zero-order chi connectivity index (χ0) is 23.4. The standard InChI is InChI=1S/C23H21N5O3S2/c1-14-3-8-19(31-2)18(9-14)28-12-17(10-20(28)29)21(30)25-22-26-27-23(33-22)32-13-16-6-4-15(11-24)5-7-16/h3-9,17H,10,12-13H2,1-2H3,(H,25,26,30). The molecule has 0 spiro atoms. The van der Waals surface area contributed by atoms with Crippen LogP contribution in [0.2, 0.25) is 0 Å². The third-order valence-corrected chi connectivity index (χ3v) is 7.25. The van der Waals surface area contributed by atoms with E-state index in [1.54, 1.807) is 24.1 Å². The molecule has 3 aromatic rings. The number of aryl methyl sites for hydroxylation is 1. The van der Waals surface area contributed by atoms with Gasteiger partial charge in [0.05, 0.1) is 30.3 Å². The Morgan fingerprint density at radius 3 is 2.82 bits per heavy atom. The minimum absolute atomic E-state index is 0.116. The van der Waals surface area contributed by atoms with E-state index in [0.29, 0.717) is 27.9 Å². The van der Waals surface area contributed by atoms with Gasteiger partial charge >= 0.3 is 0 Å². The van der Waals surface area contributed by atoms with Gasteiger partial charge in [-0.3, -0.25) is 9.59 Å². The lowest BCUT2D eigenvalue weighted by molar-refractivity contribution is -0.122. The maximum Gasteiger partial charge on any atom is 0.231 e. The van der Waals surface area contributed by atoms with E-state index in [9.17, 15) is 9.59 Å². The summed E-state index contributed by atoms with van der Waals surface area (Å²) in [5, 5.41) is 20.3. The number of aromatic nitrogens is 2. The number of amides is 2. The molecule has 1 N–H and O–H groups in total. The summed E-state index contributed by atoms with van der Waals surface area (Å²) in [6, 6.07) is 15.1. The largest absolute Gasteiger partial charge is 0.495 e. The van der Waals surface area contributed by atoms with Gasteiger partial charge in [0.2, 0.25) is 16.9 Å². The lowest BCUT2D eigenvalue weighted by Crippen LogP contribution is -2.28. The van der Waals surface area contributed by atoms with Crippen molar-refractivity contribution in [3.63, 3.8) is 0 Å². The summed E-state index contributed by atoms with van der Waals surface area (Å²) < 4.78 is 6.12. The number of carbonyl (C=O) groups excluding carboxylic acids is 2. The molecular formula is C23H21N5O3S2. The Kier molecular flexibility index (Phi) is 6.91. The van der Waals surface area contributed by atoms with Crippen LogP contribution in [0.25, 0.3) is 0 Å². The van der Waals surface area contributed by atoms with Crippen molar-refractivity contribution >= 4 is 45.7 Å². The first kappa shape index (κ1) is 22.8. The first-order valence-electron chi connectivity index (χ1n) is 10.2. The molecule has 2 aromatic carbocycles. The van der Waals surface area contributed by atoms with Crippen molar-refractivity contribution in [2.24, 2.45) is 5.92 Å². The lowest BCUT2D eigenvalue weighted by atomic mass is 10.1. The highest BCUT2D eigenvalue weighted by Crippen LogP contribution is 2.34. The number of thioether (sulfide) groups is 1. The van der Waals surface area contributed by atoms with Gasteiger partial charge < -0.3 is 15.0 Å². The van der Waals surface area contributed by atoms with E-state index >= 15 is 0 Å². The molecular weight excluding hydrogens is 458 g/mol. The fourth-order valence-electron chi connectivity index (χ4n) is 3.47. The molecule has 8 nitrogen and oxygen atoms in total. The van der Waals surface area contributed by atoms with Crippen molar-refractivity contribution < 1.29 is 14.3 Å². The van der Waals surface area contributed by atoms with E-state index < -0.39 is 5.92 Å². The molecule has 0 bridgehead atoms. The molecule has 0 radical (unpaired) electrons. The smallest absolute Gasteiger partial charge is 0.231 e. The van der Waals surface area contributed by atoms with E-state index in [0.717, 1.165) is 15.5 Å². The second-order valence-corrected chi connectivity index (χ2v) is 9.74. The van der Waals surface area contributed by atoms with Crippen molar-refractivity contribution in [3.05, 3.63) is 59.2 Å². The molecule has 0 saturated carbocycles. The number of nitrogens with zero attached hydrogens (tertiary/aromatic N) is 4. The van der Waals surface area contributed by atoms with Gasteiger partial charge in [0, 0.05) is 18.7 Å². The van der Waals surface area contributed by atoms with Crippen LogP contribution in [0, 0.1) is 24.2 Å². The number of hydrogen-bond acceptors (Lipinski definition) is 8. The number of anilines is 2. The van der Waals surface area contributed by atoms with Crippen LogP contribution in [-0.2, 0) is 15.3 Å². The van der Waals surface area contributed by atoms with Crippen molar-refractivity contribution in [1.29, 1.82) is 5.26 Å². The zero-order valence-electron chi connectivity index (χ0n) is 18.1. The van der Waals surface area contributed by atoms with Crippen molar-refractivity contribution in [2.45, 2.75) is 23.4 Å². The van der Waals surface area contributed by atoms with Crippen molar-refractivity contribution in [2.75, 3.05) is 23.9 Å². The summed E-state index contributed by atoms with van der Waals surface area (Å²) in [5.41, 5.74) is 3.37. The van der Waals surface area contributed by atoms with Gasteiger partial charge in [0.1, 0.15) is 5.75 Å². The third-order valence-electron chi connectivity index (χ3n) is 5.20. The van der Waals surface area contributed by atoms with E-state index in [1.165, 1.54) is 23.1 Å². The number of carbonyl (C=O) groups is 2. The Hall–Kier alpha value is -3.42. The van der Waals surface area contributed by atoms with E-state index in [1.807, 2.05) is 37.3 Å². The molecule has 33 heavy (non-hydrogen) atoms. The fraction of sp³-hybridized carbons (Fsp3) is 0.261. The number of nitrogens with one attached hydrogen (secondary N) is 1. The highest BCUT2D eigenvalue weighted by Gasteiger charge is 2.36. The third kappa shape index (κ3) is 5.32. The summed E-state index contributed by atoms with van der Waals surface area (Å²) in [5.74, 6) is 0.426. The number of rotatable bonds is 7. The van der Waals surface area contributed by atoms with Gasteiger partial charge in [-0.15, -0.1) is 10.2 Å². The average molecular weight is 480 g/mol. The Balaban J connectivity index is 1.35. The number of benzene rings is 2. The molecule has 1 saturated heterocycles. The van der Waals surface area contributed by atoms with Crippen LogP contribution >= 0.6 is 23.1 Å². The molecule has 10 heteroatoms. The highest BCUT2D eigenvalue weighted by molar-refractivity contribution is 8.00. The van der Waals surface area contributed by atoms with Gasteiger partial charge in [0.25, 0.3) is 0 Å². The SMILES string of the molecule is COc1ccc(C)cc1N1CC(C(=O)Nc2nnc(SCc3ccc(C#N)cc3)s2)CC1=O. The minimum atomic E-state index is -0.485. The molecule has 1 fully saturated rings. The molecule has 1 unspecified atom stereocenters. The molecule has 1 atom stereocenters. The summed E-state index contributed by atoms with van der Waals surface area (Å²) in [6.45, 7) is 2.23.